The second-order valence-corrected chi connectivity index (χ2v) is 6.47. The fraction of sp³-hybridized carbons (Fsp3) is 0.714. The fourth-order valence-electron chi connectivity index (χ4n) is 2.98. The number of furan rings is 1. The van der Waals surface area contributed by atoms with Gasteiger partial charge in [0.15, 0.2) is 0 Å². The molecule has 3 nitrogen and oxygen atoms in total. The third kappa shape index (κ3) is 2.60. The van der Waals surface area contributed by atoms with Gasteiger partial charge in [-0.3, -0.25) is 4.90 Å². The second-order valence-electron chi connectivity index (χ2n) is 5.02. The molecule has 2 rings (SSSR count). The number of rotatable bonds is 5. The summed E-state index contributed by atoms with van der Waals surface area (Å²) < 4.78 is 5.49. The van der Waals surface area contributed by atoms with Gasteiger partial charge in [-0.15, -0.1) is 0 Å². The molecular formula is C14H24N2OS. The molecule has 0 saturated carbocycles. The monoisotopic (exact) mass is 268 g/mol. The van der Waals surface area contributed by atoms with Gasteiger partial charge in [0.25, 0.3) is 0 Å². The maximum absolute atomic E-state index is 6.15. The van der Waals surface area contributed by atoms with Gasteiger partial charge in [-0.25, -0.2) is 0 Å². The van der Waals surface area contributed by atoms with E-state index in [1.54, 1.807) is 6.26 Å². The van der Waals surface area contributed by atoms with Crippen molar-refractivity contribution in [3.05, 3.63) is 24.2 Å². The van der Waals surface area contributed by atoms with Gasteiger partial charge in [-0.2, -0.15) is 11.8 Å². The number of hydrogen-bond donors (Lipinski definition) is 1. The minimum absolute atomic E-state index is 0.129. The Hall–Kier alpha value is -0.450. The highest BCUT2D eigenvalue weighted by Crippen LogP contribution is 2.38. The molecule has 18 heavy (non-hydrogen) atoms. The zero-order valence-electron chi connectivity index (χ0n) is 11.4. The number of nitrogens with zero attached hydrogens (tertiary/aromatic N) is 1. The Bertz CT molecular complexity index is 355. The average molecular weight is 268 g/mol. The molecule has 0 spiro atoms. The molecule has 1 aliphatic rings. The van der Waals surface area contributed by atoms with Crippen molar-refractivity contribution in [2.24, 2.45) is 5.73 Å². The van der Waals surface area contributed by atoms with Gasteiger partial charge in [-0.1, -0.05) is 13.8 Å². The summed E-state index contributed by atoms with van der Waals surface area (Å²) in [5, 5.41) is 0.589. The van der Waals surface area contributed by atoms with E-state index in [0.717, 1.165) is 25.4 Å². The van der Waals surface area contributed by atoms with E-state index in [0.29, 0.717) is 5.25 Å². The minimum Gasteiger partial charge on any atom is -0.468 e. The maximum atomic E-state index is 6.15. The van der Waals surface area contributed by atoms with E-state index in [4.69, 9.17) is 10.2 Å². The Labute approximate surface area is 114 Å². The molecule has 0 aliphatic carbocycles. The molecule has 2 atom stereocenters. The molecular weight excluding hydrogens is 244 g/mol. The molecule has 4 heteroatoms. The largest absolute Gasteiger partial charge is 0.468 e. The van der Waals surface area contributed by atoms with Gasteiger partial charge < -0.3 is 10.2 Å². The van der Waals surface area contributed by atoms with Crippen LogP contribution < -0.4 is 5.73 Å². The van der Waals surface area contributed by atoms with E-state index < -0.39 is 0 Å². The van der Waals surface area contributed by atoms with Crippen molar-refractivity contribution in [1.29, 1.82) is 0 Å². The van der Waals surface area contributed by atoms with E-state index in [1.165, 1.54) is 18.6 Å². The third-order valence-corrected chi connectivity index (χ3v) is 5.63. The standard InChI is InChI=1S/C14H24N2OS/c1-3-16(10-13-6-4-8-17-13)14(11-15)7-5-9-18-12(14)2/h4,6,8,12H,3,5,7,9-11,15H2,1-2H3. The summed E-state index contributed by atoms with van der Waals surface area (Å²) in [5.74, 6) is 2.30. The van der Waals surface area contributed by atoms with Crippen molar-refractivity contribution in [2.45, 2.75) is 44.0 Å². The van der Waals surface area contributed by atoms with Gasteiger partial charge in [-0.05, 0) is 37.3 Å². The van der Waals surface area contributed by atoms with E-state index in [9.17, 15) is 0 Å². The normalized spacial score (nSPS) is 28.8. The second kappa shape index (κ2) is 6.13. The highest BCUT2D eigenvalue weighted by molar-refractivity contribution is 8.00. The molecule has 2 heterocycles. The highest BCUT2D eigenvalue weighted by atomic mass is 32.2. The van der Waals surface area contributed by atoms with Crippen LogP contribution in [0.5, 0.6) is 0 Å². The predicted molar refractivity (Wildman–Crippen MR) is 77.7 cm³/mol. The third-order valence-electron chi connectivity index (χ3n) is 4.17. The minimum atomic E-state index is 0.129. The fourth-order valence-corrected chi connectivity index (χ4v) is 4.32. The summed E-state index contributed by atoms with van der Waals surface area (Å²) in [4.78, 5) is 2.50. The van der Waals surface area contributed by atoms with Gasteiger partial charge in [0.2, 0.25) is 0 Å². The Balaban J connectivity index is 2.17. The van der Waals surface area contributed by atoms with Crippen LogP contribution in [0.1, 0.15) is 32.4 Å². The lowest BCUT2D eigenvalue weighted by molar-refractivity contribution is 0.0725. The lowest BCUT2D eigenvalue weighted by Crippen LogP contribution is -2.60. The van der Waals surface area contributed by atoms with E-state index in [-0.39, 0.29) is 5.54 Å². The number of nitrogens with two attached hydrogens (primary N) is 1. The molecule has 1 aromatic rings. The van der Waals surface area contributed by atoms with E-state index in [2.05, 4.69) is 30.5 Å². The van der Waals surface area contributed by atoms with Crippen molar-refractivity contribution in [3.63, 3.8) is 0 Å². The summed E-state index contributed by atoms with van der Waals surface area (Å²) >= 11 is 2.05. The van der Waals surface area contributed by atoms with Crippen LogP contribution in [0.3, 0.4) is 0 Å². The van der Waals surface area contributed by atoms with Crippen LogP contribution in [0.4, 0.5) is 0 Å². The smallest absolute Gasteiger partial charge is 0.117 e. The first kappa shape index (κ1) is 14.0. The van der Waals surface area contributed by atoms with Crippen molar-refractivity contribution in [3.8, 4) is 0 Å². The maximum Gasteiger partial charge on any atom is 0.117 e. The van der Waals surface area contributed by atoms with Gasteiger partial charge in [0.1, 0.15) is 5.76 Å². The van der Waals surface area contributed by atoms with Crippen LogP contribution in [0.15, 0.2) is 22.8 Å². The van der Waals surface area contributed by atoms with E-state index >= 15 is 0 Å². The quantitative estimate of drug-likeness (QED) is 0.891. The molecule has 1 saturated heterocycles. The Kier molecular flexibility index (Phi) is 4.76. The topological polar surface area (TPSA) is 42.4 Å². The first-order valence-electron chi connectivity index (χ1n) is 6.82. The summed E-state index contributed by atoms with van der Waals surface area (Å²) in [6.45, 7) is 7.15. The highest BCUT2D eigenvalue weighted by Gasteiger charge is 2.42. The van der Waals surface area contributed by atoms with Crippen LogP contribution >= 0.6 is 11.8 Å². The van der Waals surface area contributed by atoms with Gasteiger partial charge in [0.05, 0.1) is 12.8 Å². The van der Waals surface area contributed by atoms with Gasteiger partial charge in [0, 0.05) is 17.3 Å². The molecule has 2 N–H and O–H groups in total. The lowest BCUT2D eigenvalue weighted by atomic mass is 9.87. The molecule has 0 amide bonds. The molecule has 1 aliphatic heterocycles. The SMILES string of the molecule is CCN(Cc1ccco1)C1(CN)CCCSC1C. The summed E-state index contributed by atoms with van der Waals surface area (Å²) in [7, 11) is 0. The predicted octanol–water partition coefficient (Wildman–Crippen LogP) is 2.71. The van der Waals surface area contributed by atoms with Gasteiger partial charge >= 0.3 is 0 Å². The Morgan fingerprint density at radius 1 is 1.61 bits per heavy atom. The Morgan fingerprint density at radius 2 is 2.44 bits per heavy atom. The number of hydrogen-bond acceptors (Lipinski definition) is 4. The Morgan fingerprint density at radius 3 is 3.00 bits per heavy atom. The lowest BCUT2D eigenvalue weighted by Gasteiger charge is -2.49. The number of thioether (sulfide) groups is 1. The summed E-state index contributed by atoms with van der Waals surface area (Å²) in [6, 6.07) is 4.00. The molecule has 1 fully saturated rings. The van der Waals surface area contributed by atoms with Crippen molar-refractivity contribution >= 4 is 11.8 Å². The number of likely N-dealkylation sites (N-methyl/N-ethyl adjacent to an activating group) is 1. The molecule has 0 bridgehead atoms. The molecule has 102 valence electrons. The molecule has 0 radical (unpaired) electrons. The van der Waals surface area contributed by atoms with Crippen LogP contribution in [0.25, 0.3) is 0 Å². The first-order chi connectivity index (χ1) is 8.73. The van der Waals surface area contributed by atoms with Crippen molar-refractivity contribution in [1.82, 2.24) is 4.90 Å². The van der Waals surface area contributed by atoms with Crippen LogP contribution in [-0.4, -0.2) is 34.5 Å². The summed E-state index contributed by atoms with van der Waals surface area (Å²) in [5.41, 5.74) is 6.28. The van der Waals surface area contributed by atoms with Crippen molar-refractivity contribution < 1.29 is 4.42 Å². The average Bonchev–Trinajstić information content (AvgIpc) is 2.90. The molecule has 2 unspecified atom stereocenters. The van der Waals surface area contributed by atoms with Crippen LogP contribution in [-0.2, 0) is 6.54 Å². The molecule has 1 aromatic heterocycles. The van der Waals surface area contributed by atoms with Crippen molar-refractivity contribution in [2.75, 3.05) is 18.8 Å². The first-order valence-corrected chi connectivity index (χ1v) is 7.87. The molecule has 0 aromatic carbocycles. The zero-order valence-corrected chi connectivity index (χ0v) is 12.2. The summed E-state index contributed by atoms with van der Waals surface area (Å²) in [6.07, 6.45) is 4.21. The van der Waals surface area contributed by atoms with Crippen LogP contribution in [0.2, 0.25) is 0 Å². The van der Waals surface area contributed by atoms with E-state index in [1.807, 2.05) is 12.1 Å². The van der Waals surface area contributed by atoms with Crippen LogP contribution in [0, 0.1) is 0 Å². The zero-order chi connectivity index (χ0) is 13.0.